The Morgan fingerprint density at radius 2 is 2.29 bits per heavy atom. The maximum atomic E-state index is 14.0. The van der Waals surface area contributed by atoms with E-state index >= 15 is 0 Å². The largest absolute Gasteiger partial charge is 0.308 e. The fourth-order valence-electron chi connectivity index (χ4n) is 1.53. The van der Waals surface area contributed by atoms with E-state index < -0.39 is 5.82 Å². The van der Waals surface area contributed by atoms with Crippen LogP contribution in [-0.2, 0) is 0 Å². The molecule has 0 bridgehead atoms. The van der Waals surface area contributed by atoms with E-state index in [1.165, 1.54) is 0 Å². The number of aromatic nitrogens is 2. The van der Waals surface area contributed by atoms with Crippen molar-refractivity contribution in [1.29, 1.82) is 0 Å². The van der Waals surface area contributed by atoms with Crippen molar-refractivity contribution in [2.24, 2.45) is 0 Å². The molecule has 0 aliphatic rings. The van der Waals surface area contributed by atoms with Gasteiger partial charge in [-0.1, -0.05) is 17.7 Å². The van der Waals surface area contributed by atoms with Gasteiger partial charge in [0.2, 0.25) is 0 Å². The van der Waals surface area contributed by atoms with Gasteiger partial charge in [0.1, 0.15) is 5.82 Å². The second-order valence-electron chi connectivity index (χ2n) is 3.32. The molecule has 1 aromatic carbocycles. The van der Waals surface area contributed by atoms with Gasteiger partial charge in [-0.2, -0.15) is 8.75 Å². The Labute approximate surface area is 115 Å². The summed E-state index contributed by atoms with van der Waals surface area (Å²) in [5.74, 6) is -0.451. The maximum absolute atomic E-state index is 14.0. The van der Waals surface area contributed by atoms with Crippen molar-refractivity contribution in [1.82, 2.24) is 14.1 Å². The SMILES string of the molecule is CNC(c1cnsn1)c1ccc(Br)c(Cl)c1F. The summed E-state index contributed by atoms with van der Waals surface area (Å²) in [5, 5.41) is 3.07. The second kappa shape index (κ2) is 5.39. The average molecular weight is 337 g/mol. The van der Waals surface area contributed by atoms with Gasteiger partial charge < -0.3 is 5.32 Å². The number of rotatable bonds is 3. The highest BCUT2D eigenvalue weighted by Gasteiger charge is 2.21. The third-order valence-corrected chi connectivity index (χ3v) is 4.09. The van der Waals surface area contributed by atoms with Gasteiger partial charge in [0.05, 0.1) is 34.7 Å². The van der Waals surface area contributed by atoms with Crippen molar-refractivity contribution >= 4 is 39.3 Å². The zero-order valence-corrected chi connectivity index (χ0v) is 11.9. The standard InChI is InChI=1S/C10H8BrClFN3S/c1-14-10(7-4-15-17-16-7)5-2-3-6(11)8(12)9(5)13/h2-4,10,14H,1H3. The summed E-state index contributed by atoms with van der Waals surface area (Å²) in [7, 11) is 1.74. The van der Waals surface area contributed by atoms with Crippen LogP contribution in [-0.4, -0.2) is 15.8 Å². The van der Waals surface area contributed by atoms with E-state index in [1.54, 1.807) is 25.4 Å². The molecule has 1 unspecified atom stereocenters. The van der Waals surface area contributed by atoms with Gasteiger partial charge in [-0.25, -0.2) is 4.39 Å². The molecule has 17 heavy (non-hydrogen) atoms. The molecule has 0 aliphatic heterocycles. The lowest BCUT2D eigenvalue weighted by atomic mass is 10.0. The number of nitrogens with one attached hydrogen (secondary N) is 1. The molecule has 0 radical (unpaired) electrons. The maximum Gasteiger partial charge on any atom is 0.148 e. The first kappa shape index (κ1) is 12.9. The zero-order valence-electron chi connectivity index (χ0n) is 8.75. The van der Waals surface area contributed by atoms with Gasteiger partial charge >= 0.3 is 0 Å². The van der Waals surface area contributed by atoms with Crippen LogP contribution in [0.4, 0.5) is 4.39 Å². The van der Waals surface area contributed by atoms with Crippen LogP contribution in [0.2, 0.25) is 5.02 Å². The van der Waals surface area contributed by atoms with Gasteiger partial charge in [0, 0.05) is 10.0 Å². The Kier molecular flexibility index (Phi) is 4.09. The molecule has 0 saturated carbocycles. The van der Waals surface area contributed by atoms with Crippen molar-refractivity contribution in [3.63, 3.8) is 0 Å². The first-order valence-corrected chi connectivity index (χ1v) is 6.63. The van der Waals surface area contributed by atoms with Gasteiger partial charge in [0.15, 0.2) is 0 Å². The number of hydrogen-bond acceptors (Lipinski definition) is 4. The van der Waals surface area contributed by atoms with Crippen LogP contribution in [0, 0.1) is 5.82 Å². The summed E-state index contributed by atoms with van der Waals surface area (Å²) in [6.45, 7) is 0. The van der Waals surface area contributed by atoms with Crippen LogP contribution in [0.1, 0.15) is 17.3 Å². The molecular weight excluding hydrogens is 329 g/mol. The second-order valence-corrected chi connectivity index (χ2v) is 5.11. The zero-order chi connectivity index (χ0) is 12.4. The topological polar surface area (TPSA) is 37.8 Å². The van der Waals surface area contributed by atoms with Crippen molar-refractivity contribution in [3.8, 4) is 0 Å². The molecule has 0 saturated heterocycles. The summed E-state index contributed by atoms with van der Waals surface area (Å²) >= 11 is 10.1. The lowest BCUT2D eigenvalue weighted by Gasteiger charge is -2.15. The Bertz CT molecular complexity index is 521. The molecule has 1 N–H and O–H groups in total. The molecule has 0 amide bonds. The van der Waals surface area contributed by atoms with E-state index in [-0.39, 0.29) is 11.1 Å². The van der Waals surface area contributed by atoms with Crippen molar-refractivity contribution in [2.45, 2.75) is 6.04 Å². The summed E-state index contributed by atoms with van der Waals surface area (Å²) < 4.78 is 22.6. The highest BCUT2D eigenvalue weighted by molar-refractivity contribution is 9.10. The average Bonchev–Trinajstić information content (AvgIpc) is 2.84. The molecule has 0 fully saturated rings. The molecule has 1 atom stereocenters. The Morgan fingerprint density at radius 1 is 1.53 bits per heavy atom. The highest BCUT2D eigenvalue weighted by atomic mass is 79.9. The lowest BCUT2D eigenvalue weighted by molar-refractivity contribution is 0.572. The predicted octanol–water partition coefficient (Wildman–Crippen LogP) is 3.40. The molecule has 7 heteroatoms. The molecule has 0 aliphatic carbocycles. The Hall–Kier alpha value is -0.560. The van der Waals surface area contributed by atoms with Crippen LogP contribution < -0.4 is 5.32 Å². The van der Waals surface area contributed by atoms with Gasteiger partial charge in [0.25, 0.3) is 0 Å². The minimum Gasteiger partial charge on any atom is -0.308 e. The van der Waals surface area contributed by atoms with E-state index in [0.717, 1.165) is 11.7 Å². The van der Waals surface area contributed by atoms with Crippen molar-refractivity contribution in [2.75, 3.05) is 7.05 Å². The normalized spacial score (nSPS) is 12.7. The van der Waals surface area contributed by atoms with Crippen LogP contribution in [0.3, 0.4) is 0 Å². The molecule has 2 aromatic rings. The van der Waals surface area contributed by atoms with Crippen LogP contribution >= 0.6 is 39.3 Å². The van der Waals surface area contributed by atoms with Crippen molar-refractivity contribution < 1.29 is 4.39 Å². The molecular formula is C10H8BrClFN3S. The fraction of sp³-hybridized carbons (Fsp3) is 0.200. The van der Waals surface area contributed by atoms with E-state index in [1.807, 2.05) is 0 Å². The fourth-order valence-corrected chi connectivity index (χ4v) is 2.45. The third-order valence-electron chi connectivity index (χ3n) is 2.34. The smallest absolute Gasteiger partial charge is 0.148 e. The van der Waals surface area contributed by atoms with E-state index in [4.69, 9.17) is 11.6 Å². The highest BCUT2D eigenvalue weighted by Crippen LogP contribution is 2.32. The number of halogens is 3. The molecule has 0 spiro atoms. The monoisotopic (exact) mass is 335 g/mol. The van der Waals surface area contributed by atoms with Crippen LogP contribution in [0.5, 0.6) is 0 Å². The molecule has 2 rings (SSSR count). The minimum atomic E-state index is -0.451. The summed E-state index contributed by atoms with van der Waals surface area (Å²) in [5.41, 5.74) is 1.13. The summed E-state index contributed by atoms with van der Waals surface area (Å²) in [6.07, 6.45) is 1.61. The Balaban J connectivity index is 2.49. The summed E-state index contributed by atoms with van der Waals surface area (Å²) in [4.78, 5) is 0. The van der Waals surface area contributed by atoms with Gasteiger partial charge in [-0.15, -0.1) is 0 Å². The van der Waals surface area contributed by atoms with E-state index in [9.17, 15) is 4.39 Å². The van der Waals surface area contributed by atoms with Crippen molar-refractivity contribution in [3.05, 3.63) is 44.9 Å². The van der Waals surface area contributed by atoms with E-state index in [0.29, 0.717) is 15.7 Å². The lowest BCUT2D eigenvalue weighted by Crippen LogP contribution is -2.19. The number of benzene rings is 1. The molecule has 1 aromatic heterocycles. The number of hydrogen-bond donors (Lipinski definition) is 1. The number of nitrogens with zero attached hydrogens (tertiary/aromatic N) is 2. The van der Waals surface area contributed by atoms with Crippen LogP contribution in [0.15, 0.2) is 22.8 Å². The first-order chi connectivity index (χ1) is 8.15. The quantitative estimate of drug-likeness (QED) is 0.873. The molecule has 3 nitrogen and oxygen atoms in total. The third kappa shape index (κ3) is 2.49. The predicted molar refractivity (Wildman–Crippen MR) is 69.9 cm³/mol. The first-order valence-electron chi connectivity index (χ1n) is 4.73. The minimum absolute atomic E-state index is 0.0749. The van der Waals surface area contributed by atoms with Gasteiger partial charge in [-0.3, -0.25) is 0 Å². The van der Waals surface area contributed by atoms with E-state index in [2.05, 4.69) is 30.0 Å². The Morgan fingerprint density at radius 3 is 2.88 bits per heavy atom. The summed E-state index contributed by atoms with van der Waals surface area (Å²) in [6, 6.07) is 3.04. The van der Waals surface area contributed by atoms with Gasteiger partial charge in [-0.05, 0) is 29.0 Å². The molecule has 1 heterocycles. The van der Waals surface area contributed by atoms with Crippen LogP contribution in [0.25, 0.3) is 0 Å². The molecule has 90 valence electrons.